The Morgan fingerprint density at radius 2 is 0.712 bits per heavy atom. The van der Waals surface area contributed by atoms with Crippen molar-refractivity contribution in [1.82, 2.24) is 0 Å². The second kappa shape index (κ2) is 30.6. The minimum Gasteiger partial charge on any atom is -0.548 e. The normalized spacial score (nSPS) is 14.7. The molecule has 0 aliphatic carbocycles. The molecule has 0 aromatic heterocycles. The Balaban J connectivity index is 0. The monoisotopic (exact) mass is 764 g/mol. The van der Waals surface area contributed by atoms with E-state index in [1.165, 1.54) is 9.80 Å². The number of nitrogens with zero attached hydrogens (tertiary/aromatic N) is 4. The molecule has 0 spiro atoms. The number of ether oxygens (including phenoxy) is 4. The average Bonchev–Trinajstić information content (AvgIpc) is 3.03. The van der Waals surface area contributed by atoms with Gasteiger partial charge in [0.1, 0.15) is 0 Å². The number of hydrogen-bond donors (Lipinski definition) is 0. The largest absolute Gasteiger partial charge is 1.00 e. The summed E-state index contributed by atoms with van der Waals surface area (Å²) in [6.07, 6.45) is 0. The SMILES string of the molecule is O=C([O-])CN(CC(=O)[O-])c1ccccc1N1CCOCCOCCN(c2ccccc2N(CC(=O)[O-])CC(=O)[O-])CCOCCOCC1.[Na+].[Na+].[Na+].[Na+]. The maximum absolute atomic E-state index is 11.4. The number of hydrogen-bond acceptors (Lipinski definition) is 16. The zero-order valence-corrected chi connectivity index (χ0v) is 38.6. The summed E-state index contributed by atoms with van der Waals surface area (Å²) in [5.41, 5.74) is 1.95. The van der Waals surface area contributed by atoms with Crippen LogP contribution in [0.1, 0.15) is 0 Å². The van der Waals surface area contributed by atoms with Crippen molar-refractivity contribution >= 4 is 46.6 Å². The molecular weight excluding hydrogens is 724 g/mol. The van der Waals surface area contributed by atoms with Crippen molar-refractivity contribution in [2.75, 3.05) is 125 Å². The van der Waals surface area contributed by atoms with Crippen LogP contribution in [0.5, 0.6) is 0 Å². The maximum atomic E-state index is 11.4. The molecule has 20 heteroatoms. The van der Waals surface area contributed by atoms with Crippen molar-refractivity contribution in [1.29, 1.82) is 0 Å². The second-order valence-electron chi connectivity index (χ2n) is 10.6. The van der Waals surface area contributed by atoms with Gasteiger partial charge in [-0.1, -0.05) is 24.3 Å². The van der Waals surface area contributed by atoms with E-state index in [4.69, 9.17) is 18.9 Å². The van der Waals surface area contributed by atoms with Crippen LogP contribution in [0.3, 0.4) is 0 Å². The average molecular weight is 765 g/mol. The van der Waals surface area contributed by atoms with E-state index < -0.39 is 50.1 Å². The molecule has 1 fully saturated rings. The minimum atomic E-state index is -1.43. The van der Waals surface area contributed by atoms with Crippen LogP contribution in [0.2, 0.25) is 0 Å². The van der Waals surface area contributed by atoms with Gasteiger partial charge >= 0.3 is 118 Å². The van der Waals surface area contributed by atoms with Gasteiger partial charge in [0.15, 0.2) is 0 Å². The molecular formula is C32H40N4Na4O12. The van der Waals surface area contributed by atoms with Crippen LogP contribution in [-0.2, 0) is 38.1 Å². The molecule has 3 rings (SSSR count). The van der Waals surface area contributed by atoms with E-state index in [0.717, 1.165) is 0 Å². The fourth-order valence-electron chi connectivity index (χ4n) is 5.12. The molecule has 2 aromatic rings. The van der Waals surface area contributed by atoms with Crippen LogP contribution in [0.25, 0.3) is 0 Å². The van der Waals surface area contributed by atoms with E-state index in [0.29, 0.717) is 48.9 Å². The van der Waals surface area contributed by atoms with Gasteiger partial charge in [-0.05, 0) is 24.3 Å². The Bertz CT molecular complexity index is 1200. The zero-order chi connectivity index (χ0) is 34.7. The molecule has 0 atom stereocenters. The summed E-state index contributed by atoms with van der Waals surface area (Å²) < 4.78 is 23.2. The van der Waals surface area contributed by atoms with E-state index in [1.54, 1.807) is 48.5 Å². The fourth-order valence-corrected chi connectivity index (χ4v) is 5.12. The van der Waals surface area contributed by atoms with E-state index in [1.807, 2.05) is 9.80 Å². The predicted molar refractivity (Wildman–Crippen MR) is 165 cm³/mol. The van der Waals surface area contributed by atoms with Crippen LogP contribution >= 0.6 is 0 Å². The van der Waals surface area contributed by atoms with Crippen LogP contribution in [-0.4, -0.2) is 129 Å². The van der Waals surface area contributed by atoms with Crippen molar-refractivity contribution in [2.45, 2.75) is 0 Å². The molecule has 52 heavy (non-hydrogen) atoms. The standard InChI is InChI=1S/C32H44N4O12.4Na/c37-29(38)21-35(22-30(39)40)27-7-3-1-5-25(27)33-9-13-45-17-19-47-15-11-34(12-16-48-20-18-46-14-10-33)26-6-2-4-8-28(26)36(23-31(41)42)24-32(43)44;;;;/h1-8H,9-24H2,(H,37,38)(H,39,40)(H,41,42)(H,43,44);;;;/q;4*+1/p-4. The Morgan fingerprint density at radius 3 is 0.962 bits per heavy atom. The molecule has 0 unspecified atom stereocenters. The van der Waals surface area contributed by atoms with Gasteiger partial charge in [0.05, 0.1) is 126 Å². The third-order valence-corrected chi connectivity index (χ3v) is 7.17. The van der Waals surface area contributed by atoms with Crippen molar-refractivity contribution in [3.63, 3.8) is 0 Å². The topological polar surface area (TPSA) is 210 Å². The van der Waals surface area contributed by atoms with Gasteiger partial charge in [0.25, 0.3) is 0 Å². The quantitative estimate of drug-likeness (QED) is 0.184. The Kier molecular flexibility index (Phi) is 31.4. The molecule has 1 aliphatic heterocycles. The van der Waals surface area contributed by atoms with E-state index in [9.17, 15) is 39.6 Å². The molecule has 0 radical (unpaired) electrons. The molecule has 16 nitrogen and oxygen atoms in total. The first-order valence-corrected chi connectivity index (χ1v) is 15.4. The predicted octanol–water partition coefficient (Wildman–Crippen LogP) is -16.3. The first-order chi connectivity index (χ1) is 23.2. The van der Waals surface area contributed by atoms with Crippen LogP contribution in [0.4, 0.5) is 22.7 Å². The second-order valence-corrected chi connectivity index (χ2v) is 10.6. The number of aliphatic carboxylic acids is 4. The number of carboxylic acid groups (broad SMARTS) is 4. The van der Waals surface area contributed by atoms with E-state index in [-0.39, 0.29) is 171 Å². The molecule has 2 aromatic carbocycles. The Hall–Kier alpha value is -0.640. The number of carbonyl (C=O) groups excluding carboxylic acids is 4. The number of benzene rings is 2. The molecule has 264 valence electrons. The number of anilines is 4. The Labute approximate surface area is 392 Å². The number of rotatable bonds is 12. The third kappa shape index (κ3) is 20.3. The van der Waals surface area contributed by atoms with Gasteiger partial charge in [-0.25, -0.2) is 0 Å². The summed E-state index contributed by atoms with van der Waals surface area (Å²) in [6.45, 7) is 1.09. The fraction of sp³-hybridized carbons (Fsp3) is 0.500. The summed E-state index contributed by atoms with van der Waals surface area (Å²) in [5.74, 6) is -5.73. The van der Waals surface area contributed by atoms with Gasteiger partial charge in [-0.15, -0.1) is 0 Å². The zero-order valence-electron chi connectivity index (χ0n) is 30.6. The van der Waals surface area contributed by atoms with Crippen LogP contribution in [0, 0.1) is 0 Å². The first-order valence-electron chi connectivity index (χ1n) is 15.4. The number of para-hydroxylation sites is 4. The smallest absolute Gasteiger partial charge is 0.548 e. The molecule has 0 N–H and O–H groups in total. The molecule has 1 heterocycles. The number of carbonyl (C=O) groups is 4. The van der Waals surface area contributed by atoms with Gasteiger partial charge < -0.3 is 78.2 Å². The summed E-state index contributed by atoms with van der Waals surface area (Å²) in [4.78, 5) is 51.7. The van der Waals surface area contributed by atoms with Gasteiger partial charge in [0, 0.05) is 26.2 Å². The van der Waals surface area contributed by atoms with Gasteiger partial charge in [-0.3, -0.25) is 0 Å². The van der Waals surface area contributed by atoms with Crippen molar-refractivity contribution < 1.29 is 177 Å². The van der Waals surface area contributed by atoms with Crippen LogP contribution in [0.15, 0.2) is 48.5 Å². The molecule has 0 amide bonds. The van der Waals surface area contributed by atoms with E-state index in [2.05, 4.69) is 0 Å². The Morgan fingerprint density at radius 1 is 0.462 bits per heavy atom. The van der Waals surface area contributed by atoms with Gasteiger partial charge in [-0.2, -0.15) is 0 Å². The van der Waals surface area contributed by atoms with Crippen LogP contribution < -0.4 is 158 Å². The molecule has 1 saturated heterocycles. The third-order valence-electron chi connectivity index (χ3n) is 7.17. The summed E-state index contributed by atoms with van der Waals surface area (Å²) in [6, 6.07) is 13.6. The van der Waals surface area contributed by atoms with Crippen molar-refractivity contribution in [3.05, 3.63) is 48.5 Å². The number of carboxylic acids is 4. The molecule has 1 aliphatic rings. The van der Waals surface area contributed by atoms with Crippen molar-refractivity contribution in [2.24, 2.45) is 0 Å². The first kappa shape index (κ1) is 53.5. The van der Waals surface area contributed by atoms with E-state index >= 15 is 0 Å². The summed E-state index contributed by atoms with van der Waals surface area (Å²) in [5, 5.41) is 45.5. The maximum Gasteiger partial charge on any atom is 1.00 e. The van der Waals surface area contributed by atoms with Gasteiger partial charge in [0.2, 0.25) is 0 Å². The summed E-state index contributed by atoms with van der Waals surface area (Å²) in [7, 11) is 0. The molecule has 0 bridgehead atoms. The summed E-state index contributed by atoms with van der Waals surface area (Å²) >= 11 is 0. The minimum absolute atomic E-state index is 0. The molecule has 0 saturated carbocycles. The van der Waals surface area contributed by atoms with Crippen molar-refractivity contribution in [3.8, 4) is 0 Å².